The molecular weight excluding hydrogens is 532 g/mol. The van der Waals surface area contributed by atoms with E-state index in [2.05, 4.69) is 33.0 Å². The molecule has 4 aliphatic rings. The molecule has 8 heteroatoms. The van der Waals surface area contributed by atoms with E-state index >= 15 is 0 Å². The molecule has 3 aromatic rings. The lowest BCUT2D eigenvalue weighted by atomic mass is 9.68. The number of aromatic nitrogens is 1. The van der Waals surface area contributed by atoms with Gasteiger partial charge in [0.15, 0.2) is 0 Å². The van der Waals surface area contributed by atoms with E-state index in [0.29, 0.717) is 5.69 Å². The number of imide groups is 1. The van der Waals surface area contributed by atoms with E-state index in [0.717, 1.165) is 26.4 Å². The van der Waals surface area contributed by atoms with Gasteiger partial charge in [0.1, 0.15) is 0 Å². The number of thioether (sulfide) groups is 1. The second-order valence-electron chi connectivity index (χ2n) is 9.86. The lowest BCUT2D eigenvalue weighted by molar-refractivity contribution is -0.123. The number of fused-ring (bicyclic) bond motifs is 9. The Bertz CT molecular complexity index is 1400. The number of nitrogens with one attached hydrogen (secondary N) is 1. The minimum absolute atomic E-state index is 0.0372. The molecule has 1 aromatic heterocycles. The zero-order chi connectivity index (χ0) is 23.3. The molecule has 1 N–H and O–H groups in total. The van der Waals surface area contributed by atoms with Gasteiger partial charge in [-0.15, -0.1) is 11.8 Å². The Balaban J connectivity index is 1.32. The third-order valence-electron chi connectivity index (χ3n) is 8.25. The summed E-state index contributed by atoms with van der Waals surface area (Å²) in [6.45, 7) is 2.00. The number of benzene rings is 2. The highest BCUT2D eigenvalue weighted by Crippen LogP contribution is 2.68. The van der Waals surface area contributed by atoms with Crippen LogP contribution in [0.1, 0.15) is 28.3 Å². The Morgan fingerprint density at radius 1 is 0.941 bits per heavy atom. The molecule has 7 atom stereocenters. The number of hydrogen-bond acceptors (Lipinski definition) is 5. The Hall–Kier alpha value is -2.16. The Kier molecular flexibility index (Phi) is 4.61. The lowest BCUT2D eigenvalue weighted by Crippen LogP contribution is -2.42. The van der Waals surface area contributed by atoms with Crippen molar-refractivity contribution in [2.24, 2.45) is 29.6 Å². The maximum absolute atomic E-state index is 13.7. The number of anilines is 1. The molecule has 172 valence electrons. The maximum atomic E-state index is 13.7. The molecule has 2 bridgehead atoms. The minimum atomic E-state index is -0.268. The van der Waals surface area contributed by atoms with Crippen LogP contribution >= 0.6 is 39.0 Å². The molecule has 0 spiro atoms. The number of thiazole rings is 1. The standard InChI is InChI=1S/C26H21BrN2O3S2/c1-11-2-8-14(9-3-11)29-24(30)19-15-10-16(20(19)25(29)31)21-18(15)17(12-4-6-13(27)7-5-12)22-23(33-21)28-26(32)34-22/h2-9,15-21H,10H2,1H3,(H,28,32)/t15?,16?,17-,18?,19?,20?,21?/m1/s1. The number of hydrogen-bond donors (Lipinski definition) is 1. The van der Waals surface area contributed by atoms with Gasteiger partial charge in [0, 0.05) is 20.5 Å². The first-order chi connectivity index (χ1) is 16.4. The van der Waals surface area contributed by atoms with Gasteiger partial charge in [-0.3, -0.25) is 19.3 Å². The molecule has 6 unspecified atom stereocenters. The fourth-order valence-corrected chi connectivity index (χ4v) is 10.2. The quantitative estimate of drug-likeness (QED) is 0.444. The van der Waals surface area contributed by atoms with Crippen molar-refractivity contribution in [1.29, 1.82) is 0 Å². The number of amides is 2. The normalized spacial score (nSPS) is 33.2. The summed E-state index contributed by atoms with van der Waals surface area (Å²) in [5, 5.41) is 1.16. The fraction of sp³-hybridized carbons (Fsp3) is 0.346. The predicted molar refractivity (Wildman–Crippen MR) is 136 cm³/mol. The number of carbonyl (C=O) groups excluding carboxylic acids is 2. The number of aromatic amines is 1. The summed E-state index contributed by atoms with van der Waals surface area (Å²) in [5.41, 5.74) is 2.95. The van der Waals surface area contributed by atoms with Gasteiger partial charge in [-0.1, -0.05) is 57.1 Å². The lowest BCUT2D eigenvalue weighted by Gasteiger charge is -2.43. The first-order valence-electron chi connectivity index (χ1n) is 11.5. The molecule has 7 rings (SSSR count). The topological polar surface area (TPSA) is 70.2 Å². The Morgan fingerprint density at radius 2 is 1.62 bits per heavy atom. The molecule has 0 radical (unpaired) electrons. The third-order valence-corrected chi connectivity index (χ3v) is 11.4. The predicted octanol–water partition coefficient (Wildman–Crippen LogP) is 5.19. The van der Waals surface area contributed by atoms with Gasteiger partial charge in [0.2, 0.25) is 11.8 Å². The number of aryl methyl sites for hydroxylation is 1. The van der Waals surface area contributed by atoms with Crippen LogP contribution in [-0.4, -0.2) is 22.0 Å². The molecule has 34 heavy (non-hydrogen) atoms. The van der Waals surface area contributed by atoms with E-state index in [1.54, 1.807) is 11.8 Å². The highest BCUT2D eigenvalue weighted by molar-refractivity contribution is 9.10. The molecule has 2 amide bonds. The number of halogens is 1. The van der Waals surface area contributed by atoms with Gasteiger partial charge in [0.05, 0.1) is 22.5 Å². The van der Waals surface area contributed by atoms with Gasteiger partial charge >= 0.3 is 4.87 Å². The molecule has 3 heterocycles. The summed E-state index contributed by atoms with van der Waals surface area (Å²) >= 11 is 6.55. The van der Waals surface area contributed by atoms with Gasteiger partial charge in [-0.25, -0.2) is 0 Å². The largest absolute Gasteiger partial charge is 0.307 e. The molecule has 2 aliphatic heterocycles. The SMILES string of the molecule is Cc1ccc(N2C(=O)C3C4CC(C3C2=O)C2C4Sc3[nH]c(=O)sc3[C@@H]2c2ccc(Br)cc2)cc1. The van der Waals surface area contributed by atoms with Crippen molar-refractivity contribution in [2.45, 2.75) is 29.5 Å². The molecule has 1 saturated heterocycles. The van der Waals surface area contributed by atoms with Crippen molar-refractivity contribution >= 4 is 56.5 Å². The van der Waals surface area contributed by atoms with Crippen molar-refractivity contribution < 1.29 is 9.59 Å². The van der Waals surface area contributed by atoms with E-state index in [1.807, 2.05) is 43.3 Å². The maximum Gasteiger partial charge on any atom is 0.305 e. The molecule has 3 fully saturated rings. The van der Waals surface area contributed by atoms with Crippen molar-refractivity contribution in [2.75, 3.05) is 4.90 Å². The summed E-state index contributed by atoms with van der Waals surface area (Å²) < 4.78 is 1.01. The molecular formula is C26H21BrN2O3S2. The highest BCUT2D eigenvalue weighted by atomic mass is 79.9. The van der Waals surface area contributed by atoms with Crippen LogP contribution in [0.4, 0.5) is 5.69 Å². The van der Waals surface area contributed by atoms with Crippen molar-refractivity contribution in [3.05, 3.63) is 78.7 Å². The number of nitrogens with zero attached hydrogens (tertiary/aromatic N) is 1. The number of H-pyrrole nitrogens is 1. The third kappa shape index (κ3) is 2.82. The average Bonchev–Trinajstić information content (AvgIpc) is 3.54. The highest BCUT2D eigenvalue weighted by Gasteiger charge is 2.69. The second-order valence-corrected chi connectivity index (χ2v) is 13.0. The zero-order valence-electron chi connectivity index (χ0n) is 18.2. The van der Waals surface area contributed by atoms with E-state index in [-0.39, 0.29) is 57.4 Å². The smallest absolute Gasteiger partial charge is 0.305 e. The molecule has 5 nitrogen and oxygen atoms in total. The molecule has 2 aromatic carbocycles. The summed E-state index contributed by atoms with van der Waals surface area (Å²) in [6, 6.07) is 16.0. The Labute approximate surface area is 213 Å². The summed E-state index contributed by atoms with van der Waals surface area (Å²) in [5.74, 6) is -0.0464. The van der Waals surface area contributed by atoms with Crippen molar-refractivity contribution in [3.8, 4) is 0 Å². The van der Waals surface area contributed by atoms with Crippen molar-refractivity contribution in [3.63, 3.8) is 0 Å². The molecule has 2 aliphatic carbocycles. The first-order valence-corrected chi connectivity index (χ1v) is 14.0. The van der Waals surface area contributed by atoms with Gasteiger partial charge in [-0.2, -0.15) is 0 Å². The van der Waals surface area contributed by atoms with Crippen LogP contribution < -0.4 is 9.77 Å². The minimum Gasteiger partial charge on any atom is -0.307 e. The zero-order valence-corrected chi connectivity index (χ0v) is 21.5. The second kappa shape index (κ2) is 7.42. The number of rotatable bonds is 2. The summed E-state index contributed by atoms with van der Waals surface area (Å²) in [4.78, 5) is 45.2. The van der Waals surface area contributed by atoms with Gasteiger partial charge in [0.25, 0.3) is 0 Å². The van der Waals surface area contributed by atoms with Crippen LogP contribution in [-0.2, 0) is 9.59 Å². The monoisotopic (exact) mass is 552 g/mol. The fourth-order valence-electron chi connectivity index (χ4n) is 7.01. The first kappa shape index (κ1) is 21.1. The van der Waals surface area contributed by atoms with Crippen LogP contribution in [0, 0.1) is 36.5 Å². The van der Waals surface area contributed by atoms with E-state index in [4.69, 9.17) is 0 Å². The van der Waals surface area contributed by atoms with E-state index in [9.17, 15) is 14.4 Å². The number of carbonyl (C=O) groups is 2. The van der Waals surface area contributed by atoms with Crippen molar-refractivity contribution in [1.82, 2.24) is 4.98 Å². The van der Waals surface area contributed by atoms with E-state index in [1.165, 1.54) is 21.8 Å². The Morgan fingerprint density at radius 3 is 2.32 bits per heavy atom. The van der Waals surface area contributed by atoms with Gasteiger partial charge in [-0.05, 0) is 60.9 Å². The average molecular weight is 554 g/mol. The van der Waals surface area contributed by atoms with Gasteiger partial charge < -0.3 is 4.98 Å². The van der Waals surface area contributed by atoms with Crippen LogP contribution in [0.15, 0.2) is 62.8 Å². The van der Waals surface area contributed by atoms with E-state index < -0.39 is 0 Å². The summed E-state index contributed by atoms with van der Waals surface area (Å²) in [7, 11) is 0. The van der Waals surface area contributed by atoms with Crippen LogP contribution in [0.25, 0.3) is 0 Å². The van der Waals surface area contributed by atoms with Crippen LogP contribution in [0.2, 0.25) is 0 Å². The molecule has 2 saturated carbocycles. The summed E-state index contributed by atoms with van der Waals surface area (Å²) in [6.07, 6.45) is 0.906. The van der Waals surface area contributed by atoms with Crippen LogP contribution in [0.3, 0.4) is 0 Å². The van der Waals surface area contributed by atoms with Crippen LogP contribution in [0.5, 0.6) is 0 Å².